The summed E-state index contributed by atoms with van der Waals surface area (Å²) in [5, 5.41) is 7.27. The molecule has 10 heteroatoms. The molecule has 1 aliphatic rings. The molecule has 1 N–H and O–H groups in total. The van der Waals surface area contributed by atoms with Crippen molar-refractivity contribution in [1.82, 2.24) is 19.7 Å². The zero-order valence-corrected chi connectivity index (χ0v) is 17.4. The van der Waals surface area contributed by atoms with Gasteiger partial charge in [0.2, 0.25) is 5.95 Å². The first-order valence-electron chi connectivity index (χ1n) is 8.95. The van der Waals surface area contributed by atoms with Gasteiger partial charge < -0.3 is 5.32 Å². The number of aryl methyl sites for hydroxylation is 1. The van der Waals surface area contributed by atoms with Crippen LogP contribution in [0, 0.1) is 12.7 Å². The molecule has 0 unspecified atom stereocenters. The molecule has 3 aromatic rings. The standard InChI is InChI=1S/C19H19ClFN5O2S/c1-12-8-22-18(24-14-3-4-16(15(21)7-14)29(2,27)28)25-17(12)13-9-23-26(10-13)11-19(20)5-6-19/h3-4,7-10H,5-6,11H2,1-2H3,(H,22,24,25). The van der Waals surface area contributed by atoms with E-state index >= 15 is 0 Å². The first-order valence-corrected chi connectivity index (χ1v) is 11.2. The molecule has 0 atom stereocenters. The van der Waals surface area contributed by atoms with Crippen molar-refractivity contribution in [2.45, 2.75) is 36.1 Å². The van der Waals surface area contributed by atoms with E-state index in [1.54, 1.807) is 12.4 Å². The maximum absolute atomic E-state index is 14.1. The molecule has 1 aliphatic carbocycles. The number of aromatic nitrogens is 4. The maximum Gasteiger partial charge on any atom is 0.227 e. The molecule has 0 aliphatic heterocycles. The number of hydrogen-bond acceptors (Lipinski definition) is 6. The minimum absolute atomic E-state index is 0.182. The second-order valence-corrected chi connectivity index (χ2v) is 10.1. The molecule has 1 fully saturated rings. The van der Waals surface area contributed by atoms with E-state index in [1.807, 2.05) is 17.8 Å². The first kappa shape index (κ1) is 19.8. The highest BCUT2D eigenvalue weighted by atomic mass is 35.5. The third-order valence-corrected chi connectivity index (χ3v) is 6.33. The Kier molecular flexibility index (Phi) is 4.82. The average molecular weight is 436 g/mol. The number of sulfone groups is 1. The van der Waals surface area contributed by atoms with Gasteiger partial charge in [0.05, 0.1) is 23.3 Å². The lowest BCUT2D eigenvalue weighted by molar-refractivity contribution is 0.571. The zero-order chi connectivity index (χ0) is 20.8. The van der Waals surface area contributed by atoms with Gasteiger partial charge in [0.25, 0.3) is 0 Å². The molecule has 2 heterocycles. The molecule has 0 spiro atoms. The minimum atomic E-state index is -3.63. The van der Waals surface area contributed by atoms with Crippen LogP contribution in [0.3, 0.4) is 0 Å². The van der Waals surface area contributed by atoms with Crippen LogP contribution in [0.5, 0.6) is 0 Å². The molecule has 4 rings (SSSR count). The molecule has 0 saturated heterocycles. The van der Waals surface area contributed by atoms with E-state index in [2.05, 4.69) is 20.4 Å². The van der Waals surface area contributed by atoms with Crippen molar-refractivity contribution in [3.05, 3.63) is 48.2 Å². The molecular formula is C19H19ClFN5O2S. The van der Waals surface area contributed by atoms with E-state index in [0.717, 1.165) is 36.3 Å². The third kappa shape index (κ3) is 4.40. The van der Waals surface area contributed by atoms with Gasteiger partial charge in [-0.15, -0.1) is 11.6 Å². The van der Waals surface area contributed by atoms with E-state index in [-0.39, 0.29) is 15.7 Å². The van der Waals surface area contributed by atoms with Crippen molar-refractivity contribution in [2.75, 3.05) is 11.6 Å². The Bertz CT molecular complexity index is 1190. The van der Waals surface area contributed by atoms with E-state index in [9.17, 15) is 12.8 Å². The quantitative estimate of drug-likeness (QED) is 0.594. The Labute approximate surface area is 172 Å². The molecule has 29 heavy (non-hydrogen) atoms. The van der Waals surface area contributed by atoms with Gasteiger partial charge in [-0.05, 0) is 43.5 Å². The summed E-state index contributed by atoms with van der Waals surface area (Å²) in [6, 6.07) is 3.79. The second-order valence-electron chi connectivity index (χ2n) is 7.35. The fraction of sp³-hybridized carbons (Fsp3) is 0.316. The van der Waals surface area contributed by atoms with Gasteiger partial charge >= 0.3 is 0 Å². The van der Waals surface area contributed by atoms with Crippen LogP contribution in [0.25, 0.3) is 11.3 Å². The smallest absolute Gasteiger partial charge is 0.227 e. The van der Waals surface area contributed by atoms with Gasteiger partial charge in [-0.25, -0.2) is 22.8 Å². The molecular weight excluding hydrogens is 417 g/mol. The molecule has 1 aromatic carbocycles. The number of nitrogens with one attached hydrogen (secondary N) is 1. The molecule has 0 amide bonds. The molecule has 0 bridgehead atoms. The predicted molar refractivity (Wildman–Crippen MR) is 109 cm³/mol. The van der Waals surface area contributed by atoms with Gasteiger partial charge in [0.15, 0.2) is 9.84 Å². The van der Waals surface area contributed by atoms with Crippen molar-refractivity contribution in [2.24, 2.45) is 0 Å². The van der Waals surface area contributed by atoms with Crippen LogP contribution in [-0.4, -0.2) is 39.3 Å². The monoisotopic (exact) mass is 435 g/mol. The van der Waals surface area contributed by atoms with E-state index in [0.29, 0.717) is 17.9 Å². The number of rotatable bonds is 6. The highest BCUT2D eigenvalue weighted by molar-refractivity contribution is 7.90. The number of benzene rings is 1. The number of nitrogens with zero attached hydrogens (tertiary/aromatic N) is 4. The summed E-state index contributed by atoms with van der Waals surface area (Å²) in [5.74, 6) is -0.568. The van der Waals surface area contributed by atoms with E-state index in [1.165, 1.54) is 12.1 Å². The van der Waals surface area contributed by atoms with Gasteiger partial charge in [0.1, 0.15) is 10.7 Å². The van der Waals surface area contributed by atoms with Crippen LogP contribution in [-0.2, 0) is 16.4 Å². The van der Waals surface area contributed by atoms with Gasteiger partial charge in [0, 0.05) is 29.9 Å². The predicted octanol–water partition coefficient (Wildman–Crippen LogP) is 3.71. The lowest BCUT2D eigenvalue weighted by Gasteiger charge is -2.09. The highest BCUT2D eigenvalue weighted by Gasteiger charge is 2.41. The maximum atomic E-state index is 14.1. The Balaban J connectivity index is 1.58. The summed E-state index contributed by atoms with van der Waals surface area (Å²) in [6.45, 7) is 2.54. The topological polar surface area (TPSA) is 89.8 Å². The van der Waals surface area contributed by atoms with Crippen LogP contribution in [0.4, 0.5) is 16.0 Å². The first-order chi connectivity index (χ1) is 13.6. The van der Waals surface area contributed by atoms with Crippen LogP contribution in [0.15, 0.2) is 41.7 Å². The van der Waals surface area contributed by atoms with Crippen molar-refractivity contribution in [3.63, 3.8) is 0 Å². The van der Waals surface area contributed by atoms with E-state index < -0.39 is 15.7 Å². The zero-order valence-electron chi connectivity index (χ0n) is 15.9. The van der Waals surface area contributed by atoms with Crippen molar-refractivity contribution in [3.8, 4) is 11.3 Å². The molecule has 7 nitrogen and oxygen atoms in total. The SMILES string of the molecule is Cc1cnc(Nc2ccc(S(C)(=O)=O)c(F)c2)nc1-c1cnn(CC2(Cl)CC2)c1. The summed E-state index contributed by atoms with van der Waals surface area (Å²) < 4.78 is 39.0. The Morgan fingerprint density at radius 2 is 2.07 bits per heavy atom. The number of alkyl halides is 1. The summed E-state index contributed by atoms with van der Waals surface area (Å²) in [6.07, 6.45) is 8.21. The summed E-state index contributed by atoms with van der Waals surface area (Å²) in [7, 11) is -3.63. The molecule has 1 saturated carbocycles. The Hall–Kier alpha value is -2.52. The van der Waals surface area contributed by atoms with Crippen LogP contribution in [0.1, 0.15) is 18.4 Å². The fourth-order valence-electron chi connectivity index (χ4n) is 2.96. The van der Waals surface area contributed by atoms with Crippen molar-refractivity contribution >= 4 is 33.1 Å². The van der Waals surface area contributed by atoms with Crippen LogP contribution in [0.2, 0.25) is 0 Å². The lowest BCUT2D eigenvalue weighted by Crippen LogP contribution is -2.11. The molecule has 0 radical (unpaired) electrons. The highest BCUT2D eigenvalue weighted by Crippen LogP contribution is 2.43. The van der Waals surface area contributed by atoms with Gasteiger partial charge in [-0.3, -0.25) is 4.68 Å². The van der Waals surface area contributed by atoms with Gasteiger partial charge in [-0.1, -0.05) is 0 Å². The average Bonchev–Trinajstić information content (AvgIpc) is 3.17. The van der Waals surface area contributed by atoms with Crippen molar-refractivity contribution in [1.29, 1.82) is 0 Å². The summed E-state index contributed by atoms with van der Waals surface area (Å²) in [4.78, 5) is 8.21. The Morgan fingerprint density at radius 1 is 1.31 bits per heavy atom. The molecule has 152 valence electrons. The van der Waals surface area contributed by atoms with Crippen LogP contribution < -0.4 is 5.32 Å². The molecule has 2 aromatic heterocycles. The largest absolute Gasteiger partial charge is 0.324 e. The van der Waals surface area contributed by atoms with Crippen LogP contribution >= 0.6 is 11.6 Å². The third-order valence-electron chi connectivity index (χ3n) is 4.70. The summed E-state index contributed by atoms with van der Waals surface area (Å²) in [5.41, 5.74) is 2.73. The number of hydrogen-bond donors (Lipinski definition) is 1. The minimum Gasteiger partial charge on any atom is -0.324 e. The summed E-state index contributed by atoms with van der Waals surface area (Å²) >= 11 is 6.37. The fourth-order valence-corrected chi connectivity index (χ4v) is 3.90. The second kappa shape index (κ2) is 7.07. The van der Waals surface area contributed by atoms with Crippen molar-refractivity contribution < 1.29 is 12.8 Å². The van der Waals surface area contributed by atoms with E-state index in [4.69, 9.17) is 11.6 Å². The number of halogens is 2. The number of anilines is 2. The normalized spacial score (nSPS) is 15.3. The van der Waals surface area contributed by atoms with Gasteiger partial charge in [-0.2, -0.15) is 5.10 Å². The lowest BCUT2D eigenvalue weighted by atomic mass is 10.1. The Morgan fingerprint density at radius 3 is 2.72 bits per heavy atom.